The van der Waals surface area contributed by atoms with E-state index in [1.165, 1.54) is 13.8 Å². The molecule has 1 fully saturated rings. The molecule has 1 aliphatic rings. The highest BCUT2D eigenvalue weighted by Gasteiger charge is 2.40. The molecular weight excluding hydrogens is 264 g/mol. The van der Waals surface area contributed by atoms with Crippen LogP contribution in [0.3, 0.4) is 0 Å². The van der Waals surface area contributed by atoms with Gasteiger partial charge in [0.15, 0.2) is 0 Å². The lowest BCUT2D eigenvalue weighted by Gasteiger charge is -2.35. The van der Waals surface area contributed by atoms with Crippen LogP contribution >= 0.6 is 0 Å². The highest BCUT2D eigenvalue weighted by molar-refractivity contribution is 5.95. The summed E-state index contributed by atoms with van der Waals surface area (Å²) in [5.74, 6) is -3.32. The number of ether oxygens (including phenoxy) is 2. The average molecular weight is 284 g/mol. The number of hydrogen-bond donors (Lipinski definition) is 0. The zero-order valence-corrected chi connectivity index (χ0v) is 11.9. The van der Waals surface area contributed by atoms with E-state index in [1.54, 1.807) is 0 Å². The van der Waals surface area contributed by atoms with Gasteiger partial charge in [0.1, 0.15) is 24.4 Å². The molecule has 0 unspecified atom stereocenters. The minimum Gasteiger partial charge on any atom is -0.422 e. The van der Waals surface area contributed by atoms with E-state index in [0.29, 0.717) is 12.8 Å². The molecule has 0 atom stereocenters. The lowest BCUT2D eigenvalue weighted by molar-refractivity contribution is -0.238. The van der Waals surface area contributed by atoms with Crippen molar-refractivity contribution >= 4 is 23.5 Å². The Morgan fingerprint density at radius 2 is 1.20 bits per heavy atom. The molecule has 0 aromatic heterocycles. The summed E-state index contributed by atoms with van der Waals surface area (Å²) in [6.07, 6.45) is 2.62. The van der Waals surface area contributed by atoms with Crippen molar-refractivity contribution in [3.8, 4) is 0 Å². The van der Waals surface area contributed by atoms with Crippen molar-refractivity contribution in [2.24, 2.45) is 0 Å². The summed E-state index contributed by atoms with van der Waals surface area (Å²) >= 11 is 0. The normalized spacial score (nSPS) is 17.1. The van der Waals surface area contributed by atoms with E-state index in [2.05, 4.69) is 0 Å². The first-order valence-corrected chi connectivity index (χ1v) is 6.75. The van der Waals surface area contributed by atoms with Crippen LogP contribution in [-0.4, -0.2) is 29.3 Å². The zero-order valence-electron chi connectivity index (χ0n) is 11.9. The lowest BCUT2D eigenvalue weighted by atomic mass is 9.94. The second-order valence-electron chi connectivity index (χ2n) is 5.18. The van der Waals surface area contributed by atoms with Gasteiger partial charge in [-0.25, -0.2) is 0 Å². The predicted octanol–water partition coefficient (Wildman–Crippen LogP) is 1.69. The second-order valence-corrected chi connectivity index (χ2v) is 5.18. The monoisotopic (exact) mass is 284 g/mol. The quantitative estimate of drug-likeness (QED) is 0.419. The maximum atomic E-state index is 11.6. The summed E-state index contributed by atoms with van der Waals surface area (Å²) < 4.78 is 10.5. The predicted molar refractivity (Wildman–Crippen MR) is 68.6 cm³/mol. The van der Waals surface area contributed by atoms with Crippen LogP contribution in [0.4, 0.5) is 0 Å². The standard InChI is InChI=1S/C14H20O6/c1-10(15)8-12(17)19-14(6-4-3-5-7-14)20-13(18)9-11(2)16/h3-9H2,1-2H3. The fourth-order valence-electron chi connectivity index (χ4n) is 2.21. The Balaban J connectivity index is 2.70. The zero-order chi connectivity index (χ0) is 15.2. The second kappa shape index (κ2) is 7.17. The maximum Gasteiger partial charge on any atom is 0.316 e. The Hall–Kier alpha value is -1.72. The molecular formula is C14H20O6. The molecule has 1 saturated carbocycles. The van der Waals surface area contributed by atoms with Crippen molar-refractivity contribution in [3.05, 3.63) is 0 Å². The molecule has 0 spiro atoms. The fraction of sp³-hybridized carbons (Fsp3) is 0.714. The minimum absolute atomic E-state index is 0.309. The number of esters is 2. The molecule has 1 aliphatic carbocycles. The van der Waals surface area contributed by atoms with Gasteiger partial charge in [0.05, 0.1) is 0 Å². The molecule has 0 saturated heterocycles. The first-order valence-electron chi connectivity index (χ1n) is 6.75. The smallest absolute Gasteiger partial charge is 0.316 e. The largest absolute Gasteiger partial charge is 0.422 e. The van der Waals surface area contributed by atoms with E-state index in [9.17, 15) is 19.2 Å². The van der Waals surface area contributed by atoms with Crippen molar-refractivity contribution in [2.45, 2.75) is 64.6 Å². The summed E-state index contributed by atoms with van der Waals surface area (Å²) in [4.78, 5) is 45.1. The molecule has 0 bridgehead atoms. The Morgan fingerprint density at radius 3 is 1.55 bits per heavy atom. The van der Waals surface area contributed by atoms with E-state index in [1.807, 2.05) is 0 Å². The molecule has 0 amide bonds. The van der Waals surface area contributed by atoms with Gasteiger partial charge >= 0.3 is 11.9 Å². The van der Waals surface area contributed by atoms with Crippen LogP contribution in [0.15, 0.2) is 0 Å². The molecule has 1 rings (SSSR count). The van der Waals surface area contributed by atoms with Gasteiger partial charge in [-0.3, -0.25) is 19.2 Å². The van der Waals surface area contributed by atoms with Gasteiger partial charge in [0.25, 0.3) is 5.79 Å². The van der Waals surface area contributed by atoms with Gasteiger partial charge in [-0.15, -0.1) is 0 Å². The van der Waals surface area contributed by atoms with Gasteiger partial charge in [-0.05, 0) is 26.7 Å². The van der Waals surface area contributed by atoms with Crippen LogP contribution < -0.4 is 0 Å². The fourth-order valence-corrected chi connectivity index (χ4v) is 2.21. The van der Waals surface area contributed by atoms with Crippen LogP contribution in [0.1, 0.15) is 58.8 Å². The van der Waals surface area contributed by atoms with Crippen molar-refractivity contribution in [3.63, 3.8) is 0 Å². The summed E-state index contributed by atoms with van der Waals surface area (Å²) in [6.45, 7) is 2.58. The van der Waals surface area contributed by atoms with Crippen molar-refractivity contribution in [1.29, 1.82) is 0 Å². The van der Waals surface area contributed by atoms with Gasteiger partial charge in [-0.2, -0.15) is 0 Å². The van der Waals surface area contributed by atoms with E-state index in [-0.39, 0.29) is 24.4 Å². The third kappa shape index (κ3) is 5.50. The summed E-state index contributed by atoms with van der Waals surface area (Å²) in [6, 6.07) is 0. The third-order valence-electron chi connectivity index (χ3n) is 3.00. The van der Waals surface area contributed by atoms with Crippen LogP contribution in [0.25, 0.3) is 0 Å². The van der Waals surface area contributed by atoms with Gasteiger partial charge in [-0.1, -0.05) is 6.42 Å². The number of hydrogen-bond acceptors (Lipinski definition) is 6. The molecule has 6 nitrogen and oxygen atoms in total. The third-order valence-corrected chi connectivity index (χ3v) is 3.00. The minimum atomic E-state index is -1.31. The Bertz CT molecular complexity index is 374. The summed E-state index contributed by atoms with van der Waals surface area (Å²) in [5.41, 5.74) is 0. The highest BCUT2D eigenvalue weighted by Crippen LogP contribution is 2.33. The number of ketones is 2. The summed E-state index contributed by atoms with van der Waals surface area (Å²) in [5, 5.41) is 0. The summed E-state index contributed by atoms with van der Waals surface area (Å²) in [7, 11) is 0. The number of Topliss-reactive ketones (excluding diaryl/α,β-unsaturated/α-hetero) is 2. The van der Waals surface area contributed by atoms with Crippen LogP contribution in [0, 0.1) is 0 Å². The molecule has 112 valence electrons. The first kappa shape index (κ1) is 16.3. The van der Waals surface area contributed by atoms with Crippen molar-refractivity contribution < 1.29 is 28.7 Å². The van der Waals surface area contributed by atoms with Gasteiger partial charge < -0.3 is 9.47 Å². The first-order chi connectivity index (χ1) is 9.33. The Kier molecular flexibility index (Phi) is 5.85. The van der Waals surface area contributed by atoms with E-state index < -0.39 is 17.7 Å². The maximum absolute atomic E-state index is 11.6. The lowest BCUT2D eigenvalue weighted by Crippen LogP contribution is -2.42. The molecule has 0 radical (unpaired) electrons. The highest BCUT2D eigenvalue weighted by atomic mass is 16.7. The topological polar surface area (TPSA) is 86.7 Å². The van der Waals surface area contributed by atoms with Crippen LogP contribution in [-0.2, 0) is 28.7 Å². The molecule has 0 N–H and O–H groups in total. The molecule has 0 aromatic carbocycles. The Labute approximate surface area is 117 Å². The van der Waals surface area contributed by atoms with Crippen LogP contribution in [0.5, 0.6) is 0 Å². The molecule has 6 heteroatoms. The Morgan fingerprint density at radius 1 is 0.800 bits per heavy atom. The van der Waals surface area contributed by atoms with E-state index in [4.69, 9.17) is 9.47 Å². The van der Waals surface area contributed by atoms with Crippen molar-refractivity contribution in [2.75, 3.05) is 0 Å². The van der Waals surface area contributed by atoms with Gasteiger partial charge in [0, 0.05) is 12.8 Å². The molecule has 0 aliphatic heterocycles. The molecule has 20 heavy (non-hydrogen) atoms. The SMILES string of the molecule is CC(=O)CC(=O)OC1(OC(=O)CC(C)=O)CCCCC1. The number of carbonyl (C=O) groups is 4. The number of carbonyl (C=O) groups excluding carboxylic acids is 4. The molecule has 0 heterocycles. The van der Waals surface area contributed by atoms with Crippen LogP contribution in [0.2, 0.25) is 0 Å². The number of rotatable bonds is 6. The molecule has 0 aromatic rings. The van der Waals surface area contributed by atoms with E-state index in [0.717, 1.165) is 19.3 Å². The average Bonchev–Trinajstić information content (AvgIpc) is 2.26. The van der Waals surface area contributed by atoms with E-state index >= 15 is 0 Å². The van der Waals surface area contributed by atoms with Crippen molar-refractivity contribution in [1.82, 2.24) is 0 Å². The van der Waals surface area contributed by atoms with Gasteiger partial charge in [0.2, 0.25) is 0 Å².